The van der Waals surface area contributed by atoms with Crippen LogP contribution in [0.3, 0.4) is 0 Å². The normalized spacial score (nSPS) is 11.0. The van der Waals surface area contributed by atoms with E-state index in [1.165, 1.54) is 12.8 Å². The molecule has 0 amide bonds. The molecular weight excluding hydrogens is 214 g/mol. The van der Waals surface area contributed by atoms with E-state index < -0.39 is 0 Å². The zero-order valence-corrected chi connectivity index (χ0v) is 10.6. The van der Waals surface area contributed by atoms with E-state index in [-0.39, 0.29) is 6.61 Å². The number of aliphatic hydroxyl groups is 1. The summed E-state index contributed by atoms with van der Waals surface area (Å²) in [5.74, 6) is 0.791. The molecule has 0 radical (unpaired) electrons. The standard InChI is InChI=1S/C13H21N3O/c1-3-4-5-6-7-12-11(2)15-10-16-13(12)14-8-9-17/h6-7,10,17H,3-5,8-9H2,1-2H3,(H,14,15,16)/b7-6-. The maximum Gasteiger partial charge on any atom is 0.137 e. The lowest BCUT2D eigenvalue weighted by atomic mass is 10.1. The highest BCUT2D eigenvalue weighted by Gasteiger charge is 2.04. The average Bonchev–Trinajstić information content (AvgIpc) is 2.34. The van der Waals surface area contributed by atoms with Crippen LogP contribution >= 0.6 is 0 Å². The third kappa shape index (κ3) is 4.53. The van der Waals surface area contributed by atoms with Crippen molar-refractivity contribution < 1.29 is 5.11 Å². The summed E-state index contributed by atoms with van der Waals surface area (Å²) in [5.41, 5.74) is 1.96. The monoisotopic (exact) mass is 235 g/mol. The highest BCUT2D eigenvalue weighted by atomic mass is 16.3. The molecule has 0 unspecified atom stereocenters. The Hall–Kier alpha value is -1.42. The predicted octanol–water partition coefficient (Wildman–Crippen LogP) is 2.39. The quantitative estimate of drug-likeness (QED) is 0.712. The molecule has 1 aromatic rings. The molecule has 2 N–H and O–H groups in total. The molecule has 0 fully saturated rings. The van der Waals surface area contributed by atoms with Gasteiger partial charge in [0, 0.05) is 12.1 Å². The summed E-state index contributed by atoms with van der Waals surface area (Å²) >= 11 is 0. The lowest BCUT2D eigenvalue weighted by Gasteiger charge is -2.08. The second kappa shape index (κ2) is 7.79. The lowest BCUT2D eigenvalue weighted by molar-refractivity contribution is 0.311. The molecule has 1 aromatic heterocycles. The first-order valence-corrected chi connectivity index (χ1v) is 6.12. The molecule has 4 nitrogen and oxygen atoms in total. The summed E-state index contributed by atoms with van der Waals surface area (Å²) in [6.45, 7) is 4.75. The van der Waals surface area contributed by atoms with Crippen LogP contribution in [-0.4, -0.2) is 28.2 Å². The molecule has 0 spiro atoms. The predicted molar refractivity (Wildman–Crippen MR) is 70.9 cm³/mol. The topological polar surface area (TPSA) is 58.0 Å². The molecule has 0 atom stereocenters. The van der Waals surface area contributed by atoms with Gasteiger partial charge in [-0.1, -0.05) is 31.9 Å². The Morgan fingerprint density at radius 1 is 1.41 bits per heavy atom. The van der Waals surface area contributed by atoms with E-state index >= 15 is 0 Å². The van der Waals surface area contributed by atoms with E-state index in [1.807, 2.05) is 6.92 Å². The van der Waals surface area contributed by atoms with Gasteiger partial charge in [0.2, 0.25) is 0 Å². The first-order valence-electron chi connectivity index (χ1n) is 6.12. The number of aryl methyl sites for hydroxylation is 1. The van der Waals surface area contributed by atoms with Crippen LogP contribution in [0.15, 0.2) is 12.4 Å². The van der Waals surface area contributed by atoms with Gasteiger partial charge in [0.25, 0.3) is 0 Å². The second-order valence-electron chi connectivity index (χ2n) is 3.92. The number of anilines is 1. The summed E-state index contributed by atoms with van der Waals surface area (Å²) < 4.78 is 0. The molecule has 0 saturated heterocycles. The first-order chi connectivity index (χ1) is 8.29. The summed E-state index contributed by atoms with van der Waals surface area (Å²) in [6, 6.07) is 0. The van der Waals surface area contributed by atoms with Gasteiger partial charge in [0.1, 0.15) is 12.1 Å². The van der Waals surface area contributed by atoms with Crippen LogP contribution in [0.5, 0.6) is 0 Å². The number of nitrogens with zero attached hydrogens (tertiary/aromatic N) is 2. The van der Waals surface area contributed by atoms with Crippen LogP contribution in [0.2, 0.25) is 0 Å². The van der Waals surface area contributed by atoms with Crippen LogP contribution in [0.1, 0.15) is 37.4 Å². The maximum absolute atomic E-state index is 8.81. The van der Waals surface area contributed by atoms with Gasteiger partial charge in [-0.15, -0.1) is 0 Å². The molecule has 94 valence electrons. The Kier molecular flexibility index (Phi) is 6.25. The Labute approximate surface area is 103 Å². The van der Waals surface area contributed by atoms with Crippen molar-refractivity contribution >= 4 is 11.9 Å². The minimum atomic E-state index is 0.0992. The van der Waals surface area contributed by atoms with E-state index in [0.717, 1.165) is 23.5 Å². The Balaban J connectivity index is 2.76. The van der Waals surface area contributed by atoms with E-state index in [4.69, 9.17) is 5.11 Å². The van der Waals surface area contributed by atoms with Gasteiger partial charge >= 0.3 is 0 Å². The van der Waals surface area contributed by atoms with E-state index in [0.29, 0.717) is 6.54 Å². The van der Waals surface area contributed by atoms with Gasteiger partial charge in [0.15, 0.2) is 0 Å². The number of aliphatic hydroxyl groups excluding tert-OH is 1. The van der Waals surface area contributed by atoms with Crippen molar-refractivity contribution in [2.24, 2.45) is 0 Å². The Morgan fingerprint density at radius 2 is 2.24 bits per heavy atom. The third-order valence-electron chi connectivity index (χ3n) is 2.50. The number of nitrogens with one attached hydrogen (secondary N) is 1. The molecule has 0 bridgehead atoms. The van der Waals surface area contributed by atoms with Gasteiger partial charge < -0.3 is 10.4 Å². The number of allylic oxidation sites excluding steroid dienone is 1. The summed E-state index contributed by atoms with van der Waals surface area (Å²) in [4.78, 5) is 8.37. The molecule has 1 rings (SSSR count). The van der Waals surface area contributed by atoms with E-state index in [9.17, 15) is 0 Å². The zero-order chi connectivity index (χ0) is 12.5. The molecular formula is C13H21N3O. The molecule has 1 heterocycles. The molecule has 0 aliphatic carbocycles. The van der Waals surface area contributed by atoms with Crippen LogP contribution < -0.4 is 5.32 Å². The van der Waals surface area contributed by atoms with Crippen LogP contribution in [0.4, 0.5) is 5.82 Å². The van der Waals surface area contributed by atoms with E-state index in [1.54, 1.807) is 6.33 Å². The third-order valence-corrected chi connectivity index (χ3v) is 2.50. The fourth-order valence-corrected chi connectivity index (χ4v) is 1.52. The fourth-order valence-electron chi connectivity index (χ4n) is 1.52. The van der Waals surface area contributed by atoms with Crippen LogP contribution in [0.25, 0.3) is 6.08 Å². The Morgan fingerprint density at radius 3 is 2.94 bits per heavy atom. The lowest BCUT2D eigenvalue weighted by Crippen LogP contribution is -2.09. The van der Waals surface area contributed by atoms with Crippen molar-refractivity contribution in [3.05, 3.63) is 23.7 Å². The van der Waals surface area contributed by atoms with Gasteiger partial charge in [-0.25, -0.2) is 9.97 Å². The minimum Gasteiger partial charge on any atom is -0.395 e. The van der Waals surface area contributed by atoms with Crippen molar-refractivity contribution in [1.82, 2.24) is 9.97 Å². The molecule has 0 aliphatic heterocycles. The van der Waals surface area contributed by atoms with Gasteiger partial charge in [0.05, 0.1) is 12.3 Å². The van der Waals surface area contributed by atoms with Gasteiger partial charge in [-0.05, 0) is 13.3 Å². The molecule has 17 heavy (non-hydrogen) atoms. The van der Waals surface area contributed by atoms with Gasteiger partial charge in [-0.3, -0.25) is 0 Å². The summed E-state index contributed by atoms with van der Waals surface area (Å²) in [5, 5.41) is 11.9. The zero-order valence-electron chi connectivity index (χ0n) is 10.6. The smallest absolute Gasteiger partial charge is 0.137 e. The first kappa shape index (κ1) is 13.6. The summed E-state index contributed by atoms with van der Waals surface area (Å²) in [7, 11) is 0. The number of aromatic nitrogens is 2. The number of rotatable bonds is 7. The maximum atomic E-state index is 8.81. The minimum absolute atomic E-state index is 0.0992. The average molecular weight is 235 g/mol. The van der Waals surface area contributed by atoms with Crippen molar-refractivity contribution in [2.45, 2.75) is 33.1 Å². The Bertz CT molecular complexity index is 364. The largest absolute Gasteiger partial charge is 0.395 e. The molecule has 4 heteroatoms. The SMILES string of the molecule is CCCC/C=C\c1c(C)ncnc1NCCO. The number of unbranched alkanes of at least 4 members (excludes halogenated alkanes) is 2. The molecule has 0 saturated carbocycles. The van der Waals surface area contributed by atoms with Crippen LogP contribution in [-0.2, 0) is 0 Å². The van der Waals surface area contributed by atoms with Crippen molar-refractivity contribution in [3.8, 4) is 0 Å². The van der Waals surface area contributed by atoms with Crippen molar-refractivity contribution in [1.29, 1.82) is 0 Å². The highest BCUT2D eigenvalue weighted by Crippen LogP contribution is 2.16. The fraction of sp³-hybridized carbons (Fsp3) is 0.538. The number of hydrogen-bond acceptors (Lipinski definition) is 4. The molecule has 0 aromatic carbocycles. The van der Waals surface area contributed by atoms with E-state index in [2.05, 4.69) is 34.4 Å². The second-order valence-corrected chi connectivity index (χ2v) is 3.92. The highest BCUT2D eigenvalue weighted by molar-refractivity contribution is 5.64. The number of hydrogen-bond donors (Lipinski definition) is 2. The van der Waals surface area contributed by atoms with Crippen LogP contribution in [0, 0.1) is 6.92 Å². The summed E-state index contributed by atoms with van der Waals surface area (Å²) in [6.07, 6.45) is 9.22. The van der Waals surface area contributed by atoms with Gasteiger partial charge in [-0.2, -0.15) is 0 Å². The molecule has 0 aliphatic rings. The van der Waals surface area contributed by atoms with Crippen molar-refractivity contribution in [3.63, 3.8) is 0 Å². The van der Waals surface area contributed by atoms with Crippen molar-refractivity contribution in [2.75, 3.05) is 18.5 Å².